The first kappa shape index (κ1) is 9.56. The monoisotopic (exact) mass is 294 g/mol. The Bertz CT molecular complexity index is 770. The molecule has 2 aromatic carbocycles. The summed E-state index contributed by atoms with van der Waals surface area (Å²) in [4.78, 5) is 1.84. The van der Waals surface area contributed by atoms with Crippen LogP contribution in [0.2, 0.25) is 5.02 Å². The fourth-order valence-corrected chi connectivity index (χ4v) is 2.33. The van der Waals surface area contributed by atoms with Crippen molar-refractivity contribution in [1.82, 2.24) is 4.90 Å². The van der Waals surface area contributed by atoms with Crippen LogP contribution in [0.3, 0.4) is 0 Å². The summed E-state index contributed by atoms with van der Waals surface area (Å²) in [6.07, 6.45) is 0.123. The number of rotatable bonds is 5. The second kappa shape index (κ2) is 6.40. The SMILES string of the molecule is [2H]c1c([2H])c([2H])c(C(O)(CCN(C)C)c2ccccc2Cl)c([2H])c1[2H]. The Balaban J connectivity index is 2.80. The molecule has 0 heterocycles. The standard InChI is InChI=1S/C17H20ClNO/c1-19(2)13-12-17(20,14-8-4-3-5-9-14)15-10-6-7-11-16(15)18/h3-11,20H,12-13H2,1-2H3/i3D,4D,5D,8D,9D. The molecule has 0 amide bonds. The first-order valence-electron chi connectivity index (χ1n) is 8.80. The van der Waals surface area contributed by atoms with Crippen molar-refractivity contribution in [2.24, 2.45) is 0 Å². The molecule has 3 heteroatoms. The molecule has 0 aliphatic heterocycles. The minimum atomic E-state index is -1.81. The molecule has 0 spiro atoms. The van der Waals surface area contributed by atoms with Gasteiger partial charge in [-0.3, -0.25) is 0 Å². The van der Waals surface area contributed by atoms with E-state index in [1.165, 1.54) is 0 Å². The summed E-state index contributed by atoms with van der Waals surface area (Å²) in [5.41, 5.74) is -1.65. The molecule has 0 aromatic heterocycles. The van der Waals surface area contributed by atoms with Gasteiger partial charge >= 0.3 is 0 Å². The van der Waals surface area contributed by atoms with Crippen LogP contribution in [-0.4, -0.2) is 30.6 Å². The molecule has 2 aromatic rings. The minimum Gasteiger partial charge on any atom is -0.380 e. The van der Waals surface area contributed by atoms with Gasteiger partial charge in [0.25, 0.3) is 0 Å². The zero-order chi connectivity index (χ0) is 18.9. The van der Waals surface area contributed by atoms with Crippen molar-refractivity contribution in [2.75, 3.05) is 20.6 Å². The smallest absolute Gasteiger partial charge is 0.117 e. The van der Waals surface area contributed by atoms with E-state index in [-0.39, 0.29) is 17.0 Å². The lowest BCUT2D eigenvalue weighted by atomic mass is 9.83. The normalized spacial score (nSPS) is 17.8. The van der Waals surface area contributed by atoms with Gasteiger partial charge in [0, 0.05) is 17.1 Å². The van der Waals surface area contributed by atoms with Crippen LogP contribution in [0.4, 0.5) is 0 Å². The summed E-state index contributed by atoms with van der Waals surface area (Å²) in [5, 5.41) is 11.8. The predicted molar refractivity (Wildman–Crippen MR) is 84.1 cm³/mol. The van der Waals surface area contributed by atoms with E-state index in [1.54, 1.807) is 24.3 Å². The van der Waals surface area contributed by atoms with Crippen LogP contribution < -0.4 is 0 Å². The summed E-state index contributed by atoms with van der Waals surface area (Å²) >= 11 is 6.26. The molecule has 2 nitrogen and oxygen atoms in total. The summed E-state index contributed by atoms with van der Waals surface area (Å²) in [6.45, 7) is 0.434. The van der Waals surface area contributed by atoms with E-state index in [0.717, 1.165) is 0 Å². The number of hydrogen-bond acceptors (Lipinski definition) is 2. The van der Waals surface area contributed by atoms with Crippen LogP contribution in [0, 0.1) is 0 Å². The first-order chi connectivity index (χ1) is 11.6. The zero-order valence-corrected chi connectivity index (χ0v) is 12.3. The van der Waals surface area contributed by atoms with Gasteiger partial charge in [-0.25, -0.2) is 0 Å². The average Bonchev–Trinajstić information content (AvgIpc) is 2.57. The van der Waals surface area contributed by atoms with Crippen LogP contribution in [-0.2, 0) is 5.60 Å². The highest BCUT2D eigenvalue weighted by molar-refractivity contribution is 6.31. The molecule has 0 saturated heterocycles. The van der Waals surface area contributed by atoms with Gasteiger partial charge in [-0.1, -0.05) is 60.0 Å². The fourth-order valence-electron chi connectivity index (χ4n) is 2.03. The van der Waals surface area contributed by atoms with E-state index < -0.39 is 35.8 Å². The third-order valence-corrected chi connectivity index (χ3v) is 3.48. The van der Waals surface area contributed by atoms with Crippen molar-refractivity contribution >= 4 is 11.6 Å². The number of hydrogen-bond donors (Lipinski definition) is 1. The summed E-state index contributed by atoms with van der Waals surface area (Å²) in [6, 6.07) is 4.31. The van der Waals surface area contributed by atoms with Crippen LogP contribution in [0.5, 0.6) is 0 Å². The number of halogens is 1. The number of benzene rings is 2. The van der Waals surface area contributed by atoms with Crippen LogP contribution in [0.1, 0.15) is 24.4 Å². The first-order valence-corrected chi connectivity index (χ1v) is 6.68. The molecule has 20 heavy (non-hydrogen) atoms. The third kappa shape index (κ3) is 3.21. The third-order valence-electron chi connectivity index (χ3n) is 3.15. The summed E-state index contributed by atoms with van der Waals surface area (Å²) in [5.74, 6) is 0. The zero-order valence-electron chi connectivity index (χ0n) is 16.5. The van der Waals surface area contributed by atoms with E-state index >= 15 is 0 Å². The molecule has 1 atom stereocenters. The van der Waals surface area contributed by atoms with E-state index in [2.05, 4.69) is 0 Å². The van der Waals surface area contributed by atoms with Crippen LogP contribution in [0.25, 0.3) is 0 Å². The lowest BCUT2D eigenvalue weighted by Gasteiger charge is -2.31. The molecule has 1 unspecified atom stereocenters. The summed E-state index contributed by atoms with van der Waals surface area (Å²) < 4.78 is 39.9. The Labute approximate surface area is 132 Å². The van der Waals surface area contributed by atoms with E-state index in [1.807, 2.05) is 19.0 Å². The van der Waals surface area contributed by atoms with Gasteiger partial charge in [0.1, 0.15) is 5.60 Å². The van der Waals surface area contributed by atoms with Crippen molar-refractivity contribution in [3.63, 3.8) is 0 Å². The molecule has 0 saturated carbocycles. The van der Waals surface area contributed by atoms with Gasteiger partial charge in [0.05, 0.1) is 6.85 Å². The molecule has 2 rings (SSSR count). The predicted octanol–water partition coefficient (Wildman–Crippen LogP) is 3.53. The number of aliphatic hydroxyl groups is 1. The Kier molecular flexibility index (Phi) is 3.06. The molecular weight excluding hydrogens is 270 g/mol. The lowest BCUT2D eigenvalue weighted by Crippen LogP contribution is -2.32. The van der Waals surface area contributed by atoms with E-state index in [9.17, 15) is 5.11 Å². The molecule has 0 bridgehead atoms. The molecule has 0 aliphatic carbocycles. The molecule has 0 fully saturated rings. The largest absolute Gasteiger partial charge is 0.380 e. The second-order valence-corrected chi connectivity index (χ2v) is 5.30. The number of nitrogens with zero attached hydrogens (tertiary/aromatic N) is 1. The van der Waals surface area contributed by atoms with Gasteiger partial charge in [-0.05, 0) is 32.1 Å². The van der Waals surface area contributed by atoms with Gasteiger partial charge in [0.2, 0.25) is 0 Å². The van der Waals surface area contributed by atoms with Crippen molar-refractivity contribution in [3.8, 4) is 0 Å². The van der Waals surface area contributed by atoms with Gasteiger partial charge in [-0.2, -0.15) is 0 Å². The quantitative estimate of drug-likeness (QED) is 0.912. The molecule has 106 valence electrons. The maximum atomic E-state index is 11.5. The molecular formula is C17H20ClNO. The highest BCUT2D eigenvalue weighted by Crippen LogP contribution is 2.36. The Morgan fingerprint density at radius 1 is 1.20 bits per heavy atom. The van der Waals surface area contributed by atoms with Gasteiger partial charge in [-0.15, -0.1) is 0 Å². The highest BCUT2D eigenvalue weighted by Gasteiger charge is 2.32. The maximum Gasteiger partial charge on any atom is 0.117 e. The molecule has 0 aliphatic rings. The molecule has 0 radical (unpaired) electrons. The van der Waals surface area contributed by atoms with Gasteiger partial charge in [0.15, 0.2) is 0 Å². The van der Waals surface area contributed by atoms with Crippen molar-refractivity contribution in [2.45, 2.75) is 12.0 Å². The van der Waals surface area contributed by atoms with Crippen LogP contribution >= 0.6 is 11.6 Å². The van der Waals surface area contributed by atoms with E-state index in [4.69, 9.17) is 18.5 Å². The van der Waals surface area contributed by atoms with Crippen LogP contribution in [0.15, 0.2) is 54.5 Å². The molecule has 1 N–H and O–H groups in total. The maximum absolute atomic E-state index is 11.5. The van der Waals surface area contributed by atoms with Gasteiger partial charge < -0.3 is 10.0 Å². The van der Waals surface area contributed by atoms with Crippen molar-refractivity contribution in [3.05, 3.63) is 70.6 Å². The summed E-state index contributed by atoms with van der Waals surface area (Å²) in [7, 11) is 3.66. The lowest BCUT2D eigenvalue weighted by molar-refractivity contribution is 0.0630. The van der Waals surface area contributed by atoms with E-state index in [0.29, 0.717) is 12.1 Å². The fraction of sp³-hybridized carbons (Fsp3) is 0.294. The Morgan fingerprint density at radius 2 is 1.85 bits per heavy atom. The van der Waals surface area contributed by atoms with Crippen molar-refractivity contribution < 1.29 is 12.0 Å². The topological polar surface area (TPSA) is 23.5 Å². The second-order valence-electron chi connectivity index (χ2n) is 4.89. The minimum absolute atomic E-state index is 0.123. The Hall–Kier alpha value is -1.35. The average molecular weight is 295 g/mol. The highest BCUT2D eigenvalue weighted by atomic mass is 35.5. The van der Waals surface area contributed by atoms with Crippen molar-refractivity contribution in [1.29, 1.82) is 0 Å². The Morgan fingerprint density at radius 3 is 2.45 bits per heavy atom.